The summed E-state index contributed by atoms with van der Waals surface area (Å²) < 4.78 is 0. The van der Waals surface area contributed by atoms with E-state index in [9.17, 15) is 0 Å². The van der Waals surface area contributed by atoms with Crippen molar-refractivity contribution in [3.8, 4) is 0 Å². The summed E-state index contributed by atoms with van der Waals surface area (Å²) in [6.45, 7) is 6.00. The van der Waals surface area contributed by atoms with Gasteiger partial charge in [-0.2, -0.15) is 0 Å². The molecule has 0 unspecified atom stereocenters. The Labute approximate surface area is 277 Å². The van der Waals surface area contributed by atoms with Gasteiger partial charge in [-0.25, -0.2) is 0 Å². The minimum absolute atomic E-state index is 0. The summed E-state index contributed by atoms with van der Waals surface area (Å²) in [7, 11) is 1.55. The molecule has 2 aliphatic rings. The van der Waals surface area contributed by atoms with Crippen LogP contribution < -0.4 is 21.2 Å². The first kappa shape index (κ1) is 38.8. The Morgan fingerprint density at radius 2 is 0.475 bits per heavy atom. The number of hydrogen-bond acceptors (Lipinski definition) is 0. The van der Waals surface area contributed by atoms with Crippen molar-refractivity contribution in [1.29, 1.82) is 0 Å². The molecule has 0 heterocycles. The maximum atomic E-state index is 3.00. The fourth-order valence-corrected chi connectivity index (χ4v) is 6.29. The van der Waals surface area contributed by atoms with Crippen molar-refractivity contribution in [2.24, 2.45) is 0 Å². The Hall–Kier alpha value is -1.16. The van der Waals surface area contributed by atoms with E-state index >= 15 is 0 Å². The van der Waals surface area contributed by atoms with Crippen LogP contribution in [0.25, 0.3) is 0 Å². The molecule has 0 atom stereocenters. The number of hydrogen-bond donors (Lipinski definition) is 0. The first-order valence-electron chi connectivity index (χ1n) is 14.1. The fraction of sp³-hybridized carbons (Fsp3) is 0.278. The molecule has 4 aromatic rings. The van der Waals surface area contributed by atoms with Gasteiger partial charge in [0, 0.05) is 19.5 Å². The molecule has 0 aromatic heterocycles. The van der Waals surface area contributed by atoms with Gasteiger partial charge in [0.1, 0.15) is 0 Å². The number of benzene rings is 4. The molecule has 4 aromatic carbocycles. The van der Waals surface area contributed by atoms with Crippen LogP contribution in [0, 0.1) is 0 Å². The number of rotatable bonds is 4. The predicted octanol–water partition coefficient (Wildman–Crippen LogP) is 9.33. The van der Waals surface area contributed by atoms with Crippen molar-refractivity contribution in [3.05, 3.63) is 134 Å². The van der Waals surface area contributed by atoms with Crippen LogP contribution in [0.1, 0.15) is 64.2 Å². The standard InChI is InChI=1S/2C12H11P.2C5H10.C2H4.Nb.Rh/c2*1-3-7-11(8-4-1)13-12-9-5-2-6-10-12;2*1-2-4-5-3-1;1-2;;/h2*1-10,13H;2*1-5H2;1-2H2;;/q;;;;;+2;. The molecule has 0 amide bonds. The monoisotopic (exact) mass is 736 g/mol. The minimum Gasteiger partial charge on any atom is -0.106 e. The van der Waals surface area contributed by atoms with Gasteiger partial charge in [0.05, 0.1) is 0 Å². The van der Waals surface area contributed by atoms with E-state index in [-0.39, 0.29) is 41.9 Å². The Bertz CT molecular complexity index is 862. The van der Waals surface area contributed by atoms with E-state index in [2.05, 4.69) is 134 Å². The third-order valence-corrected chi connectivity index (χ3v) is 8.66. The van der Waals surface area contributed by atoms with Crippen molar-refractivity contribution in [2.45, 2.75) is 64.2 Å². The predicted molar refractivity (Wildman–Crippen MR) is 178 cm³/mol. The zero-order valence-corrected chi connectivity index (χ0v) is 29.7. The Balaban J connectivity index is 0.000000526. The zero-order valence-electron chi connectivity index (χ0n) is 23.8. The summed E-state index contributed by atoms with van der Waals surface area (Å²) in [6.07, 6.45) is 15.0. The molecule has 0 saturated heterocycles. The summed E-state index contributed by atoms with van der Waals surface area (Å²) in [5.41, 5.74) is 0. The van der Waals surface area contributed by atoms with Gasteiger partial charge in [0.15, 0.2) is 0 Å². The molecule has 2 radical (unpaired) electrons. The molecule has 6 rings (SSSR count). The van der Waals surface area contributed by atoms with Gasteiger partial charge < -0.3 is 0 Å². The molecular weight excluding hydrogens is 690 g/mol. The maximum absolute atomic E-state index is 3.00. The van der Waals surface area contributed by atoms with Gasteiger partial charge in [-0.1, -0.05) is 203 Å². The fourth-order valence-electron chi connectivity index (χ4n) is 4.19. The van der Waals surface area contributed by atoms with Crippen LogP contribution in [0.2, 0.25) is 0 Å². The molecule has 40 heavy (non-hydrogen) atoms. The van der Waals surface area contributed by atoms with Crippen LogP contribution in [0.4, 0.5) is 0 Å². The van der Waals surface area contributed by atoms with E-state index in [1.165, 1.54) is 85.4 Å². The molecule has 2 aliphatic carbocycles. The second kappa shape index (κ2) is 28.0. The van der Waals surface area contributed by atoms with E-state index < -0.39 is 0 Å². The van der Waals surface area contributed by atoms with E-state index in [0.717, 1.165) is 17.2 Å². The largest absolute Gasteiger partial charge is 2.00 e. The van der Waals surface area contributed by atoms with Gasteiger partial charge >= 0.3 is 22.4 Å². The van der Waals surface area contributed by atoms with Gasteiger partial charge in [-0.05, 0) is 21.2 Å². The smallest absolute Gasteiger partial charge is 0.106 e. The molecule has 0 spiro atoms. The molecule has 2 fully saturated rings. The molecule has 212 valence electrons. The summed E-state index contributed by atoms with van der Waals surface area (Å²) in [5.74, 6) is 0. The van der Waals surface area contributed by atoms with Crippen molar-refractivity contribution in [3.63, 3.8) is 0 Å². The molecular formula is C36H46NbP2Rh+2. The van der Waals surface area contributed by atoms with Crippen molar-refractivity contribution < 1.29 is 41.9 Å². The van der Waals surface area contributed by atoms with Gasteiger partial charge in [-0.3, -0.25) is 0 Å². The van der Waals surface area contributed by atoms with Crippen LogP contribution in [0.5, 0.6) is 0 Å². The normalized spacial score (nSPS) is 12.5. The van der Waals surface area contributed by atoms with Crippen LogP contribution >= 0.6 is 17.2 Å². The summed E-state index contributed by atoms with van der Waals surface area (Å²) in [4.78, 5) is 0. The molecule has 0 nitrogen and oxygen atoms in total. The van der Waals surface area contributed by atoms with Crippen LogP contribution in [0.15, 0.2) is 134 Å². The molecule has 0 N–H and O–H groups in total. The summed E-state index contributed by atoms with van der Waals surface area (Å²) in [6, 6.07) is 42.3. The minimum atomic E-state index is 0. The second-order valence-electron chi connectivity index (χ2n) is 9.25. The van der Waals surface area contributed by atoms with Crippen LogP contribution in [-0.4, -0.2) is 0 Å². The SMILES string of the molecule is C1CCCC1.C1CCCC1.C=C.[Nb+2].[Rh].c1ccc(Pc2ccccc2)cc1.c1ccc(Pc2ccccc2)cc1. The van der Waals surface area contributed by atoms with Crippen molar-refractivity contribution >= 4 is 38.4 Å². The third kappa shape index (κ3) is 19.8. The van der Waals surface area contributed by atoms with E-state index in [1.807, 2.05) is 0 Å². The average molecular weight is 737 g/mol. The quantitative estimate of drug-likeness (QED) is 0.111. The average Bonchev–Trinajstić information content (AvgIpc) is 3.77. The van der Waals surface area contributed by atoms with E-state index in [4.69, 9.17) is 0 Å². The topological polar surface area (TPSA) is 0 Å². The van der Waals surface area contributed by atoms with E-state index in [1.54, 1.807) is 0 Å². The van der Waals surface area contributed by atoms with Crippen molar-refractivity contribution in [2.75, 3.05) is 0 Å². The Morgan fingerprint density at radius 1 is 0.325 bits per heavy atom. The third-order valence-electron chi connectivity index (χ3n) is 6.17. The van der Waals surface area contributed by atoms with Gasteiger partial charge in [0.2, 0.25) is 0 Å². The molecule has 0 aliphatic heterocycles. The molecule has 2 saturated carbocycles. The first-order valence-corrected chi connectivity index (χ1v) is 16.1. The van der Waals surface area contributed by atoms with E-state index in [0.29, 0.717) is 0 Å². The molecule has 4 heteroatoms. The van der Waals surface area contributed by atoms with Gasteiger partial charge in [-0.15, -0.1) is 13.2 Å². The Kier molecular flexibility index (Phi) is 27.2. The van der Waals surface area contributed by atoms with Crippen molar-refractivity contribution in [1.82, 2.24) is 0 Å². The molecule has 0 bridgehead atoms. The van der Waals surface area contributed by atoms with Crippen LogP contribution in [-0.2, 0) is 41.9 Å². The Morgan fingerprint density at radius 3 is 0.625 bits per heavy atom. The maximum Gasteiger partial charge on any atom is 2.00 e. The summed E-state index contributed by atoms with van der Waals surface area (Å²) in [5, 5.41) is 5.59. The first-order chi connectivity index (χ1) is 18.9. The second-order valence-corrected chi connectivity index (χ2v) is 12.1. The van der Waals surface area contributed by atoms with Gasteiger partial charge in [0.25, 0.3) is 0 Å². The summed E-state index contributed by atoms with van der Waals surface area (Å²) >= 11 is 0. The van der Waals surface area contributed by atoms with Crippen LogP contribution in [0.3, 0.4) is 0 Å². The zero-order chi connectivity index (χ0) is 26.9.